The van der Waals surface area contributed by atoms with Gasteiger partial charge in [-0.15, -0.1) is 6.42 Å². The maximum atomic E-state index is 12.9. The van der Waals surface area contributed by atoms with E-state index in [1.54, 1.807) is 12.1 Å². The van der Waals surface area contributed by atoms with Crippen molar-refractivity contribution in [3.63, 3.8) is 0 Å². The van der Waals surface area contributed by atoms with Crippen LogP contribution in [0.3, 0.4) is 0 Å². The topological polar surface area (TPSA) is 21.3 Å². The first-order valence-electron chi connectivity index (χ1n) is 7.93. The Balaban J connectivity index is 1.68. The Morgan fingerprint density at radius 1 is 1.22 bits per heavy atom. The Morgan fingerprint density at radius 2 is 2.04 bits per heavy atom. The molecule has 0 heterocycles. The quantitative estimate of drug-likeness (QED) is 0.843. The summed E-state index contributed by atoms with van der Waals surface area (Å²) in [6.45, 7) is 1.03. The van der Waals surface area contributed by atoms with Crippen molar-refractivity contribution in [2.24, 2.45) is 0 Å². The minimum Gasteiger partial charge on any atom is -0.489 e. The molecule has 3 rings (SSSR count). The summed E-state index contributed by atoms with van der Waals surface area (Å²) in [6, 6.07) is 13.0. The number of benzene rings is 2. The van der Waals surface area contributed by atoms with E-state index in [9.17, 15) is 4.39 Å². The van der Waals surface area contributed by atoms with E-state index in [-0.39, 0.29) is 5.82 Å². The zero-order valence-electron chi connectivity index (χ0n) is 13.0. The van der Waals surface area contributed by atoms with Gasteiger partial charge in [0.05, 0.1) is 6.54 Å². The van der Waals surface area contributed by atoms with E-state index >= 15 is 0 Å². The lowest BCUT2D eigenvalue weighted by molar-refractivity contribution is 0.305. The van der Waals surface area contributed by atoms with Crippen molar-refractivity contribution in [2.45, 2.75) is 31.9 Å². The first kappa shape index (κ1) is 15.6. The number of hydrogen-bond donors (Lipinski definition) is 1. The molecule has 2 nitrogen and oxygen atoms in total. The zero-order chi connectivity index (χ0) is 16.1. The Kier molecular flexibility index (Phi) is 4.95. The Bertz CT molecular complexity index is 703. The first-order valence-corrected chi connectivity index (χ1v) is 7.93. The molecule has 2 aromatic carbocycles. The van der Waals surface area contributed by atoms with Crippen molar-refractivity contribution in [2.75, 3.05) is 6.54 Å². The molecule has 23 heavy (non-hydrogen) atoms. The van der Waals surface area contributed by atoms with E-state index in [0.717, 1.165) is 30.6 Å². The fraction of sp³-hybridized carbons (Fsp3) is 0.300. The minimum atomic E-state index is -0.229. The van der Waals surface area contributed by atoms with Crippen LogP contribution >= 0.6 is 0 Å². The number of aryl methyl sites for hydroxylation is 1. The summed E-state index contributed by atoms with van der Waals surface area (Å²) >= 11 is 0. The molecule has 0 fully saturated rings. The predicted octanol–water partition coefficient (Wildman–Crippen LogP) is 4.00. The highest BCUT2D eigenvalue weighted by atomic mass is 19.1. The average Bonchev–Trinajstić information content (AvgIpc) is 2.59. The molecule has 0 aliphatic heterocycles. The first-order chi connectivity index (χ1) is 11.3. The van der Waals surface area contributed by atoms with Crippen LogP contribution in [-0.4, -0.2) is 6.54 Å². The third-order valence-electron chi connectivity index (χ3n) is 4.20. The fourth-order valence-electron chi connectivity index (χ4n) is 3.02. The van der Waals surface area contributed by atoms with E-state index in [0.29, 0.717) is 19.2 Å². The molecule has 0 bridgehead atoms. The van der Waals surface area contributed by atoms with Crippen LogP contribution in [0.15, 0.2) is 42.5 Å². The van der Waals surface area contributed by atoms with Gasteiger partial charge in [-0.1, -0.05) is 24.1 Å². The highest BCUT2D eigenvalue weighted by molar-refractivity contribution is 5.39. The lowest BCUT2D eigenvalue weighted by Crippen LogP contribution is -2.25. The molecule has 1 unspecified atom stereocenters. The maximum Gasteiger partial charge on any atom is 0.123 e. The molecule has 2 aromatic rings. The van der Waals surface area contributed by atoms with Gasteiger partial charge in [0.2, 0.25) is 0 Å². The normalized spacial score (nSPS) is 16.4. The van der Waals surface area contributed by atoms with Crippen molar-refractivity contribution in [1.29, 1.82) is 0 Å². The lowest BCUT2D eigenvalue weighted by atomic mass is 9.87. The molecule has 1 N–H and O–H groups in total. The number of hydrogen-bond acceptors (Lipinski definition) is 2. The van der Waals surface area contributed by atoms with Crippen LogP contribution in [-0.2, 0) is 13.0 Å². The van der Waals surface area contributed by atoms with E-state index in [2.05, 4.69) is 23.4 Å². The lowest BCUT2D eigenvalue weighted by Gasteiger charge is -2.26. The van der Waals surface area contributed by atoms with E-state index < -0.39 is 0 Å². The van der Waals surface area contributed by atoms with Gasteiger partial charge in [0.25, 0.3) is 0 Å². The van der Waals surface area contributed by atoms with Crippen LogP contribution in [0.5, 0.6) is 5.75 Å². The maximum absolute atomic E-state index is 12.9. The smallest absolute Gasteiger partial charge is 0.123 e. The van der Waals surface area contributed by atoms with Crippen LogP contribution in [0.2, 0.25) is 0 Å². The van der Waals surface area contributed by atoms with Crippen LogP contribution in [0.25, 0.3) is 0 Å². The molecule has 1 atom stereocenters. The molecule has 0 radical (unpaired) electrons. The van der Waals surface area contributed by atoms with Gasteiger partial charge in [-0.2, -0.15) is 0 Å². The molecule has 118 valence electrons. The van der Waals surface area contributed by atoms with Crippen LogP contribution in [0.4, 0.5) is 4.39 Å². The van der Waals surface area contributed by atoms with Crippen molar-refractivity contribution in [3.8, 4) is 18.1 Å². The Morgan fingerprint density at radius 3 is 2.83 bits per heavy atom. The average molecular weight is 309 g/mol. The van der Waals surface area contributed by atoms with E-state index in [4.69, 9.17) is 11.2 Å². The Hall–Kier alpha value is -2.31. The Labute approximate surface area is 136 Å². The molecule has 0 saturated carbocycles. The number of ether oxygens (including phenoxy) is 1. The summed E-state index contributed by atoms with van der Waals surface area (Å²) in [6.07, 6.45) is 8.67. The van der Waals surface area contributed by atoms with Crippen LogP contribution in [0, 0.1) is 18.2 Å². The summed E-state index contributed by atoms with van der Waals surface area (Å²) in [5, 5.41) is 3.40. The number of rotatable bonds is 5. The summed E-state index contributed by atoms with van der Waals surface area (Å²) in [5.74, 6) is 3.26. The van der Waals surface area contributed by atoms with Gasteiger partial charge >= 0.3 is 0 Å². The minimum absolute atomic E-state index is 0.229. The molecule has 0 saturated heterocycles. The fourth-order valence-corrected chi connectivity index (χ4v) is 3.02. The highest BCUT2D eigenvalue weighted by Gasteiger charge is 2.19. The van der Waals surface area contributed by atoms with Gasteiger partial charge in [-0.05, 0) is 60.2 Å². The molecular weight excluding hydrogens is 289 g/mol. The van der Waals surface area contributed by atoms with Crippen LogP contribution in [0.1, 0.15) is 35.6 Å². The summed E-state index contributed by atoms with van der Waals surface area (Å²) < 4.78 is 18.7. The number of fused-ring (bicyclic) bond motifs is 1. The number of halogens is 1. The second-order valence-electron chi connectivity index (χ2n) is 5.81. The van der Waals surface area contributed by atoms with Crippen molar-refractivity contribution >= 4 is 0 Å². The highest BCUT2D eigenvalue weighted by Crippen LogP contribution is 2.32. The van der Waals surface area contributed by atoms with Gasteiger partial charge in [-0.3, -0.25) is 5.32 Å². The molecule has 0 spiro atoms. The SMILES string of the molecule is C#CCNC1CCCc2cc(OCc3ccc(F)cc3)ccc21. The molecule has 0 aromatic heterocycles. The third kappa shape index (κ3) is 3.91. The standard InChI is InChI=1S/C20H20FNO/c1-2-12-22-20-5-3-4-16-13-18(10-11-19(16)20)23-14-15-6-8-17(21)9-7-15/h1,6-11,13,20,22H,3-5,12,14H2. The molecule has 1 aliphatic carbocycles. The van der Waals surface area contributed by atoms with Gasteiger partial charge in [0.15, 0.2) is 0 Å². The summed E-state index contributed by atoms with van der Waals surface area (Å²) in [7, 11) is 0. The van der Waals surface area contributed by atoms with Gasteiger partial charge < -0.3 is 4.74 Å². The van der Waals surface area contributed by atoms with Crippen molar-refractivity contribution < 1.29 is 9.13 Å². The summed E-state index contributed by atoms with van der Waals surface area (Å²) in [4.78, 5) is 0. The van der Waals surface area contributed by atoms with E-state index in [1.165, 1.54) is 23.3 Å². The number of nitrogens with one attached hydrogen (secondary N) is 1. The van der Waals surface area contributed by atoms with Gasteiger partial charge in [-0.25, -0.2) is 4.39 Å². The predicted molar refractivity (Wildman–Crippen MR) is 89.7 cm³/mol. The van der Waals surface area contributed by atoms with Crippen LogP contribution < -0.4 is 10.1 Å². The molecule has 1 aliphatic rings. The largest absolute Gasteiger partial charge is 0.489 e. The van der Waals surface area contributed by atoms with E-state index in [1.807, 2.05) is 6.07 Å². The monoisotopic (exact) mass is 309 g/mol. The van der Waals surface area contributed by atoms with Gasteiger partial charge in [0, 0.05) is 6.04 Å². The second kappa shape index (κ2) is 7.30. The summed E-state index contributed by atoms with van der Waals surface area (Å²) in [5.41, 5.74) is 3.60. The number of terminal acetylenes is 1. The van der Waals surface area contributed by atoms with Gasteiger partial charge in [0.1, 0.15) is 18.2 Å². The van der Waals surface area contributed by atoms with Crippen molar-refractivity contribution in [1.82, 2.24) is 5.32 Å². The zero-order valence-corrected chi connectivity index (χ0v) is 13.0. The molecular formula is C20H20FNO. The molecule has 0 amide bonds. The third-order valence-corrected chi connectivity index (χ3v) is 4.20. The van der Waals surface area contributed by atoms with Crippen molar-refractivity contribution in [3.05, 3.63) is 65.0 Å². The second-order valence-corrected chi connectivity index (χ2v) is 5.81. The molecule has 3 heteroatoms.